The number of rotatable bonds is 7. The van der Waals surface area contributed by atoms with Gasteiger partial charge in [0.05, 0.1) is 19.6 Å². The summed E-state index contributed by atoms with van der Waals surface area (Å²) in [6.07, 6.45) is 1.16. The molecule has 0 aromatic heterocycles. The van der Waals surface area contributed by atoms with E-state index in [0.717, 1.165) is 13.0 Å². The Labute approximate surface area is 126 Å². The summed E-state index contributed by atoms with van der Waals surface area (Å²) in [4.78, 5) is 13.0. The predicted octanol–water partition coefficient (Wildman–Crippen LogP) is 2.74. The Balaban J connectivity index is 1.91. The van der Waals surface area contributed by atoms with Gasteiger partial charge in [0.25, 0.3) is 0 Å². The number of likely N-dealkylation sites (tertiary alicyclic amines) is 1. The Morgan fingerprint density at radius 2 is 2.10 bits per heavy atom. The Kier molecular flexibility index (Phi) is 5.76. The van der Waals surface area contributed by atoms with Crippen LogP contribution in [0.25, 0.3) is 0 Å². The number of hydrogen-bond donors (Lipinski definition) is 1. The van der Waals surface area contributed by atoms with Gasteiger partial charge in [-0.3, -0.25) is 9.69 Å². The van der Waals surface area contributed by atoms with Gasteiger partial charge in [-0.2, -0.15) is 0 Å². The number of ether oxygens (including phenoxy) is 1. The highest BCUT2D eigenvalue weighted by Gasteiger charge is 2.34. The monoisotopic (exact) mass is 291 g/mol. The van der Waals surface area contributed by atoms with E-state index in [1.165, 1.54) is 5.56 Å². The molecule has 0 spiro atoms. The van der Waals surface area contributed by atoms with Gasteiger partial charge < -0.3 is 9.84 Å². The van der Waals surface area contributed by atoms with Crippen LogP contribution in [0.4, 0.5) is 0 Å². The summed E-state index contributed by atoms with van der Waals surface area (Å²) in [5.41, 5.74) is 1.39. The molecule has 0 unspecified atom stereocenters. The van der Waals surface area contributed by atoms with E-state index in [-0.39, 0.29) is 6.42 Å². The van der Waals surface area contributed by atoms with Gasteiger partial charge in [0.1, 0.15) is 0 Å². The first-order valence-electron chi connectivity index (χ1n) is 7.68. The van der Waals surface area contributed by atoms with E-state index in [1.807, 2.05) is 6.07 Å². The van der Waals surface area contributed by atoms with E-state index in [0.29, 0.717) is 31.2 Å². The minimum absolute atomic E-state index is 0.0799. The van der Waals surface area contributed by atoms with Gasteiger partial charge in [-0.25, -0.2) is 0 Å². The average molecular weight is 291 g/mol. The molecule has 0 amide bonds. The largest absolute Gasteiger partial charge is 0.481 e. The maximum absolute atomic E-state index is 10.5. The zero-order chi connectivity index (χ0) is 15.2. The van der Waals surface area contributed by atoms with Crippen LogP contribution >= 0.6 is 0 Å². The maximum Gasteiger partial charge on any atom is 0.305 e. The van der Waals surface area contributed by atoms with Gasteiger partial charge in [-0.15, -0.1) is 0 Å². The van der Waals surface area contributed by atoms with Crippen LogP contribution in [0.5, 0.6) is 0 Å². The molecule has 1 aliphatic rings. The zero-order valence-corrected chi connectivity index (χ0v) is 12.9. The molecule has 0 saturated carbocycles. The minimum atomic E-state index is -0.802. The van der Waals surface area contributed by atoms with Crippen LogP contribution in [0.1, 0.15) is 38.2 Å². The van der Waals surface area contributed by atoms with E-state index in [4.69, 9.17) is 9.84 Å². The van der Waals surface area contributed by atoms with Crippen LogP contribution in [0.2, 0.25) is 0 Å². The van der Waals surface area contributed by atoms with Crippen LogP contribution in [0, 0.1) is 0 Å². The smallest absolute Gasteiger partial charge is 0.305 e. The fraction of sp³-hybridized carbons (Fsp3) is 0.588. The van der Waals surface area contributed by atoms with Crippen molar-refractivity contribution >= 4 is 5.97 Å². The molecule has 1 aromatic carbocycles. The molecule has 21 heavy (non-hydrogen) atoms. The Hall–Kier alpha value is -1.39. The first kappa shape index (κ1) is 16.0. The molecule has 1 saturated heterocycles. The lowest BCUT2D eigenvalue weighted by molar-refractivity contribution is -0.138. The van der Waals surface area contributed by atoms with Crippen LogP contribution in [0.3, 0.4) is 0 Å². The summed E-state index contributed by atoms with van der Waals surface area (Å²) in [5.74, 6) is -0.258. The molecule has 4 heteroatoms. The highest BCUT2D eigenvalue weighted by Crippen LogP contribution is 2.33. The van der Waals surface area contributed by atoms with E-state index in [2.05, 4.69) is 43.0 Å². The second-order valence-corrected chi connectivity index (χ2v) is 6.01. The van der Waals surface area contributed by atoms with Crippen molar-refractivity contribution in [3.63, 3.8) is 0 Å². The number of aliphatic carboxylic acids is 1. The average Bonchev–Trinajstić information content (AvgIpc) is 2.89. The number of hydrogen-bond acceptors (Lipinski definition) is 3. The molecule has 116 valence electrons. The van der Waals surface area contributed by atoms with Crippen molar-refractivity contribution in [3.05, 3.63) is 35.9 Å². The van der Waals surface area contributed by atoms with Gasteiger partial charge in [0, 0.05) is 18.6 Å². The number of benzene rings is 1. The van der Waals surface area contributed by atoms with E-state index in [1.54, 1.807) is 0 Å². The molecule has 0 radical (unpaired) electrons. The number of nitrogens with zero attached hydrogens (tertiary/aromatic N) is 1. The first-order chi connectivity index (χ1) is 10.1. The SMILES string of the molecule is CC(C)N1C[C@H](c2ccccc2)C[C@H]1COCCC(=O)O. The van der Waals surface area contributed by atoms with Gasteiger partial charge in [-0.05, 0) is 31.7 Å². The quantitative estimate of drug-likeness (QED) is 0.785. The van der Waals surface area contributed by atoms with Crippen LogP contribution < -0.4 is 0 Å². The summed E-state index contributed by atoms with van der Waals surface area (Å²) in [6.45, 7) is 6.38. The van der Waals surface area contributed by atoms with Crippen molar-refractivity contribution in [2.45, 2.75) is 44.7 Å². The molecule has 4 nitrogen and oxygen atoms in total. The van der Waals surface area contributed by atoms with E-state index < -0.39 is 5.97 Å². The van der Waals surface area contributed by atoms with Gasteiger partial charge in [0.15, 0.2) is 0 Å². The van der Waals surface area contributed by atoms with Crippen LogP contribution in [0.15, 0.2) is 30.3 Å². The van der Waals surface area contributed by atoms with Crippen LogP contribution in [-0.4, -0.2) is 47.8 Å². The van der Waals surface area contributed by atoms with Gasteiger partial charge >= 0.3 is 5.97 Å². The number of carbonyl (C=O) groups is 1. The molecule has 0 bridgehead atoms. The summed E-state index contributed by atoms with van der Waals surface area (Å²) < 4.78 is 5.57. The molecular weight excluding hydrogens is 266 g/mol. The topological polar surface area (TPSA) is 49.8 Å². The third kappa shape index (κ3) is 4.55. The van der Waals surface area contributed by atoms with Crippen molar-refractivity contribution in [2.75, 3.05) is 19.8 Å². The molecule has 1 aromatic rings. The maximum atomic E-state index is 10.5. The van der Waals surface area contributed by atoms with Crippen LogP contribution in [-0.2, 0) is 9.53 Å². The zero-order valence-electron chi connectivity index (χ0n) is 12.9. The molecule has 0 aliphatic carbocycles. The van der Waals surface area contributed by atoms with Crippen molar-refractivity contribution in [3.8, 4) is 0 Å². The van der Waals surface area contributed by atoms with Gasteiger partial charge in [-0.1, -0.05) is 30.3 Å². The summed E-state index contributed by atoms with van der Waals surface area (Å²) >= 11 is 0. The highest BCUT2D eigenvalue weighted by atomic mass is 16.5. The molecule has 1 aliphatic heterocycles. The number of carboxylic acids is 1. The molecule has 1 N–H and O–H groups in total. The fourth-order valence-corrected chi connectivity index (χ4v) is 3.08. The third-order valence-corrected chi connectivity index (χ3v) is 4.16. The Morgan fingerprint density at radius 1 is 1.38 bits per heavy atom. The first-order valence-corrected chi connectivity index (χ1v) is 7.68. The molecule has 1 heterocycles. The van der Waals surface area contributed by atoms with Crippen molar-refractivity contribution < 1.29 is 14.6 Å². The van der Waals surface area contributed by atoms with Crippen molar-refractivity contribution in [1.29, 1.82) is 0 Å². The standard InChI is InChI=1S/C17H25NO3/c1-13(2)18-11-15(14-6-4-3-5-7-14)10-16(18)12-21-9-8-17(19)20/h3-7,13,15-16H,8-12H2,1-2H3,(H,19,20)/t15-,16+/m1/s1. The summed E-state index contributed by atoms with van der Waals surface area (Å²) in [7, 11) is 0. The molecular formula is C17H25NO3. The normalized spacial score (nSPS) is 22.8. The van der Waals surface area contributed by atoms with Gasteiger partial charge in [0.2, 0.25) is 0 Å². The molecule has 1 fully saturated rings. The molecule has 2 rings (SSSR count). The summed E-state index contributed by atoms with van der Waals surface area (Å²) in [6, 6.07) is 11.5. The second kappa shape index (κ2) is 7.57. The predicted molar refractivity (Wildman–Crippen MR) is 82.5 cm³/mol. The number of carboxylic acid groups (broad SMARTS) is 1. The van der Waals surface area contributed by atoms with Crippen molar-refractivity contribution in [2.24, 2.45) is 0 Å². The van der Waals surface area contributed by atoms with E-state index in [9.17, 15) is 4.79 Å². The molecule has 2 atom stereocenters. The van der Waals surface area contributed by atoms with Crippen molar-refractivity contribution in [1.82, 2.24) is 4.90 Å². The second-order valence-electron chi connectivity index (χ2n) is 6.01. The minimum Gasteiger partial charge on any atom is -0.481 e. The fourth-order valence-electron chi connectivity index (χ4n) is 3.08. The lowest BCUT2D eigenvalue weighted by Gasteiger charge is -2.28. The Bertz CT molecular complexity index is 447. The summed E-state index contributed by atoms with van der Waals surface area (Å²) in [5, 5.41) is 8.65. The lowest BCUT2D eigenvalue weighted by atomic mass is 9.97. The lowest BCUT2D eigenvalue weighted by Crippen LogP contribution is -2.38. The van der Waals surface area contributed by atoms with E-state index >= 15 is 0 Å². The third-order valence-electron chi connectivity index (χ3n) is 4.16. The highest BCUT2D eigenvalue weighted by molar-refractivity contribution is 5.66. The Morgan fingerprint density at radius 3 is 2.71 bits per heavy atom.